The van der Waals surface area contributed by atoms with Gasteiger partial charge in [-0.3, -0.25) is 4.79 Å². The Morgan fingerprint density at radius 2 is 1.48 bits per heavy atom. The molecule has 1 heterocycles. The predicted molar refractivity (Wildman–Crippen MR) is 123 cm³/mol. The van der Waals surface area contributed by atoms with Gasteiger partial charge in [0.15, 0.2) is 0 Å². The zero-order valence-corrected chi connectivity index (χ0v) is 19.2. The Morgan fingerprint density at radius 3 is 2.15 bits per heavy atom. The number of piperazine rings is 1. The Labute approximate surface area is 196 Å². The third kappa shape index (κ3) is 4.93. The Hall–Kier alpha value is -3.19. The standard InChI is InChI=1S/C24H20FN3O3S2/c25-19-9-11-20(12-10-19)33(30,31)28-15-13-27(14-16-28)24(29)21-6-2-4-8-23(21)32-22-7-3-1-5-18(22)17-26/h1-12H,13-16H2. The first-order valence-electron chi connectivity index (χ1n) is 10.2. The maximum atomic E-state index is 13.3. The number of sulfonamides is 1. The summed E-state index contributed by atoms with van der Waals surface area (Å²) >= 11 is 1.35. The molecule has 0 aliphatic carbocycles. The van der Waals surface area contributed by atoms with E-state index in [-0.39, 0.29) is 37.0 Å². The molecule has 0 bridgehead atoms. The van der Waals surface area contributed by atoms with Gasteiger partial charge in [0.2, 0.25) is 10.0 Å². The largest absolute Gasteiger partial charge is 0.336 e. The number of hydrogen-bond acceptors (Lipinski definition) is 5. The fourth-order valence-electron chi connectivity index (χ4n) is 3.56. The van der Waals surface area contributed by atoms with Crippen LogP contribution in [0.5, 0.6) is 0 Å². The molecule has 0 atom stereocenters. The number of halogens is 1. The zero-order chi connectivity index (χ0) is 23.4. The van der Waals surface area contributed by atoms with Gasteiger partial charge in [-0.2, -0.15) is 9.57 Å². The van der Waals surface area contributed by atoms with Gasteiger partial charge in [0.25, 0.3) is 5.91 Å². The van der Waals surface area contributed by atoms with Gasteiger partial charge in [0.1, 0.15) is 11.9 Å². The lowest BCUT2D eigenvalue weighted by Crippen LogP contribution is -2.50. The number of carbonyl (C=O) groups is 1. The quantitative estimate of drug-likeness (QED) is 0.550. The molecule has 4 rings (SSSR count). The second-order valence-electron chi connectivity index (χ2n) is 7.36. The van der Waals surface area contributed by atoms with Crippen molar-refractivity contribution in [2.24, 2.45) is 0 Å². The van der Waals surface area contributed by atoms with E-state index in [1.165, 1.54) is 28.2 Å². The summed E-state index contributed by atoms with van der Waals surface area (Å²) in [7, 11) is -3.76. The first kappa shape index (κ1) is 23.0. The molecule has 1 fully saturated rings. The van der Waals surface area contributed by atoms with Crippen molar-refractivity contribution in [3.05, 3.63) is 89.7 Å². The van der Waals surface area contributed by atoms with E-state index >= 15 is 0 Å². The van der Waals surface area contributed by atoms with Crippen LogP contribution in [0.1, 0.15) is 15.9 Å². The van der Waals surface area contributed by atoms with Crippen molar-refractivity contribution in [2.75, 3.05) is 26.2 Å². The molecule has 0 spiro atoms. The summed E-state index contributed by atoms with van der Waals surface area (Å²) in [4.78, 5) is 16.4. The number of hydrogen-bond donors (Lipinski definition) is 0. The van der Waals surface area contributed by atoms with Crippen molar-refractivity contribution in [1.29, 1.82) is 5.26 Å². The van der Waals surface area contributed by atoms with Crippen LogP contribution in [-0.4, -0.2) is 49.7 Å². The number of rotatable bonds is 5. The minimum atomic E-state index is -3.76. The smallest absolute Gasteiger partial charge is 0.255 e. The molecule has 1 saturated heterocycles. The normalized spacial score (nSPS) is 14.6. The van der Waals surface area contributed by atoms with E-state index in [2.05, 4.69) is 6.07 Å². The first-order chi connectivity index (χ1) is 15.9. The number of benzene rings is 3. The molecule has 1 aliphatic heterocycles. The van der Waals surface area contributed by atoms with Crippen molar-refractivity contribution in [3.63, 3.8) is 0 Å². The number of amides is 1. The molecular weight excluding hydrogens is 461 g/mol. The summed E-state index contributed by atoms with van der Waals surface area (Å²) in [6.45, 7) is 0.788. The summed E-state index contributed by atoms with van der Waals surface area (Å²) in [5.41, 5.74) is 1.04. The minimum Gasteiger partial charge on any atom is -0.336 e. The predicted octanol–water partition coefficient (Wildman–Crippen LogP) is 4.00. The van der Waals surface area contributed by atoms with Gasteiger partial charge in [-0.1, -0.05) is 36.0 Å². The molecule has 3 aromatic rings. The Kier molecular flexibility index (Phi) is 6.79. The van der Waals surface area contributed by atoms with Gasteiger partial charge in [0.05, 0.1) is 16.0 Å². The van der Waals surface area contributed by atoms with Gasteiger partial charge in [0, 0.05) is 36.0 Å². The van der Waals surface area contributed by atoms with Crippen LogP contribution in [0.15, 0.2) is 87.5 Å². The van der Waals surface area contributed by atoms with Crippen molar-refractivity contribution in [3.8, 4) is 6.07 Å². The average Bonchev–Trinajstić information content (AvgIpc) is 2.84. The molecule has 1 aliphatic rings. The van der Waals surface area contributed by atoms with Crippen LogP contribution in [0.25, 0.3) is 0 Å². The summed E-state index contributed by atoms with van der Waals surface area (Å²) in [5, 5.41) is 9.35. The van der Waals surface area contributed by atoms with Crippen LogP contribution in [0.4, 0.5) is 4.39 Å². The van der Waals surface area contributed by atoms with Crippen LogP contribution in [-0.2, 0) is 10.0 Å². The Balaban J connectivity index is 1.48. The van der Waals surface area contributed by atoms with Crippen LogP contribution in [0.2, 0.25) is 0 Å². The lowest BCUT2D eigenvalue weighted by atomic mass is 10.2. The zero-order valence-electron chi connectivity index (χ0n) is 17.5. The SMILES string of the molecule is N#Cc1ccccc1Sc1ccccc1C(=O)N1CCN(S(=O)(=O)c2ccc(F)cc2)CC1. The van der Waals surface area contributed by atoms with E-state index in [0.717, 1.165) is 21.9 Å². The third-order valence-corrected chi connectivity index (χ3v) is 8.39. The van der Waals surface area contributed by atoms with Gasteiger partial charge in [-0.25, -0.2) is 12.8 Å². The molecule has 0 unspecified atom stereocenters. The summed E-state index contributed by atoms with van der Waals surface area (Å²) < 4.78 is 40.1. The topological polar surface area (TPSA) is 81.5 Å². The molecule has 6 nitrogen and oxygen atoms in total. The highest BCUT2D eigenvalue weighted by Crippen LogP contribution is 2.33. The van der Waals surface area contributed by atoms with Crippen LogP contribution in [0.3, 0.4) is 0 Å². The second kappa shape index (κ2) is 9.75. The van der Waals surface area contributed by atoms with E-state index in [0.29, 0.717) is 11.1 Å². The molecule has 1 amide bonds. The molecule has 0 radical (unpaired) electrons. The van der Waals surface area contributed by atoms with Crippen LogP contribution >= 0.6 is 11.8 Å². The third-order valence-electron chi connectivity index (χ3n) is 5.32. The number of carbonyl (C=O) groups excluding carboxylic acids is 1. The molecule has 9 heteroatoms. The van der Waals surface area contributed by atoms with E-state index in [4.69, 9.17) is 0 Å². The lowest BCUT2D eigenvalue weighted by Gasteiger charge is -2.34. The number of nitrogens with zero attached hydrogens (tertiary/aromatic N) is 3. The van der Waals surface area contributed by atoms with E-state index in [9.17, 15) is 22.9 Å². The minimum absolute atomic E-state index is 0.0292. The molecule has 3 aromatic carbocycles. The first-order valence-corrected chi connectivity index (χ1v) is 12.5. The highest BCUT2D eigenvalue weighted by Gasteiger charge is 2.31. The maximum Gasteiger partial charge on any atom is 0.255 e. The van der Waals surface area contributed by atoms with E-state index in [1.807, 2.05) is 24.3 Å². The van der Waals surface area contributed by atoms with Gasteiger partial charge >= 0.3 is 0 Å². The number of nitriles is 1. The fourth-order valence-corrected chi connectivity index (χ4v) is 6.00. The van der Waals surface area contributed by atoms with Gasteiger partial charge in [-0.05, 0) is 48.5 Å². The molecule has 33 heavy (non-hydrogen) atoms. The van der Waals surface area contributed by atoms with Crippen molar-refractivity contribution < 1.29 is 17.6 Å². The Bertz CT molecular complexity index is 1310. The van der Waals surface area contributed by atoms with Crippen LogP contribution in [0, 0.1) is 17.1 Å². The van der Waals surface area contributed by atoms with Crippen molar-refractivity contribution in [2.45, 2.75) is 14.7 Å². The monoisotopic (exact) mass is 481 g/mol. The highest BCUT2D eigenvalue weighted by molar-refractivity contribution is 7.99. The molecule has 0 N–H and O–H groups in total. The molecule has 168 valence electrons. The van der Waals surface area contributed by atoms with Crippen molar-refractivity contribution in [1.82, 2.24) is 9.21 Å². The maximum absolute atomic E-state index is 13.3. The average molecular weight is 482 g/mol. The van der Waals surface area contributed by atoms with E-state index < -0.39 is 15.8 Å². The fraction of sp³-hybridized carbons (Fsp3) is 0.167. The molecular formula is C24H20FN3O3S2. The summed E-state index contributed by atoms with van der Waals surface area (Å²) in [5.74, 6) is -0.690. The van der Waals surface area contributed by atoms with Crippen LogP contribution < -0.4 is 0 Å². The van der Waals surface area contributed by atoms with Crippen molar-refractivity contribution >= 4 is 27.7 Å². The molecule has 0 aromatic heterocycles. The lowest BCUT2D eigenvalue weighted by molar-refractivity contribution is 0.0694. The summed E-state index contributed by atoms with van der Waals surface area (Å²) in [6, 6.07) is 21.3. The van der Waals surface area contributed by atoms with Gasteiger partial charge < -0.3 is 4.90 Å². The van der Waals surface area contributed by atoms with E-state index in [1.54, 1.807) is 29.2 Å². The van der Waals surface area contributed by atoms with Gasteiger partial charge in [-0.15, -0.1) is 0 Å². The second-order valence-corrected chi connectivity index (χ2v) is 10.4. The Morgan fingerprint density at radius 1 is 0.879 bits per heavy atom. The highest BCUT2D eigenvalue weighted by atomic mass is 32.2. The summed E-state index contributed by atoms with van der Waals surface area (Å²) in [6.07, 6.45) is 0. The molecule has 0 saturated carbocycles.